The summed E-state index contributed by atoms with van der Waals surface area (Å²) in [5, 5.41) is 2.68. The topological polar surface area (TPSA) is 6.48 Å². The summed E-state index contributed by atoms with van der Waals surface area (Å²) in [7, 11) is 0. The number of hydrogen-bond donors (Lipinski definition) is 0. The fourth-order valence-corrected chi connectivity index (χ4v) is 11.0. The van der Waals surface area contributed by atoms with Crippen LogP contribution in [0.1, 0.15) is 80.4 Å². The van der Waals surface area contributed by atoms with E-state index >= 15 is 0 Å². The number of hydrogen-bond acceptors (Lipinski definition) is 3. The largest absolute Gasteiger partial charge is 0.311 e. The molecule has 0 amide bonds. The van der Waals surface area contributed by atoms with Crippen molar-refractivity contribution >= 4 is 65.6 Å². The Morgan fingerprint density at radius 3 is 1.45 bits per heavy atom. The summed E-state index contributed by atoms with van der Waals surface area (Å²) in [6.45, 7) is 0. The molecule has 0 atom stereocenters. The van der Waals surface area contributed by atoms with Gasteiger partial charge in [0.05, 0.1) is 0 Å². The van der Waals surface area contributed by atoms with Crippen LogP contribution in [0.5, 0.6) is 0 Å². The fraction of sp³-hybridized carbons (Fsp3) is 0.208. The van der Waals surface area contributed by atoms with E-state index in [4.69, 9.17) is 0 Å². The first-order chi connectivity index (χ1) is 27.7. The maximum absolute atomic E-state index is 2.47. The van der Waals surface area contributed by atoms with Crippen molar-refractivity contribution in [3.8, 4) is 0 Å². The van der Waals surface area contributed by atoms with E-state index in [-0.39, 0.29) is 5.41 Å². The summed E-state index contributed by atoms with van der Waals surface area (Å²) >= 11 is 1.89. The van der Waals surface area contributed by atoms with Gasteiger partial charge in [-0.3, -0.25) is 0 Å². The Kier molecular flexibility index (Phi) is 9.41. The van der Waals surface area contributed by atoms with Crippen LogP contribution < -0.4 is 9.80 Å². The Balaban J connectivity index is 1.01. The van der Waals surface area contributed by atoms with Crippen LogP contribution in [-0.4, -0.2) is 0 Å². The first-order valence-electron chi connectivity index (χ1n) is 20.7. The lowest BCUT2D eigenvalue weighted by Gasteiger charge is -2.33. The van der Waals surface area contributed by atoms with Crippen molar-refractivity contribution in [3.05, 3.63) is 193 Å². The van der Waals surface area contributed by atoms with Gasteiger partial charge in [0.1, 0.15) is 0 Å². The van der Waals surface area contributed by atoms with Crippen molar-refractivity contribution in [2.75, 3.05) is 9.80 Å². The van der Waals surface area contributed by atoms with Crippen LogP contribution in [0.4, 0.5) is 34.1 Å². The third-order valence-corrected chi connectivity index (χ3v) is 13.8. The molecule has 0 N–H and O–H groups in total. The van der Waals surface area contributed by atoms with Crippen LogP contribution >= 0.6 is 11.3 Å². The number of benzene rings is 7. The summed E-state index contributed by atoms with van der Waals surface area (Å²) in [5.41, 5.74) is 11.5. The van der Waals surface area contributed by atoms with Crippen molar-refractivity contribution in [3.63, 3.8) is 0 Å². The second-order valence-corrected chi connectivity index (χ2v) is 17.0. The zero-order chi connectivity index (χ0) is 37.3. The molecular weight excluding hydrogens is 697 g/mol. The van der Waals surface area contributed by atoms with E-state index in [1.165, 1.54) is 117 Å². The highest BCUT2D eigenvalue weighted by Gasteiger charge is 2.37. The molecule has 1 heterocycles. The highest BCUT2D eigenvalue weighted by molar-refractivity contribution is 7.25. The summed E-state index contributed by atoms with van der Waals surface area (Å²) in [6, 6.07) is 65.8. The lowest BCUT2D eigenvalue weighted by molar-refractivity contribution is 0.443. The van der Waals surface area contributed by atoms with Gasteiger partial charge in [0.2, 0.25) is 0 Å². The summed E-state index contributed by atoms with van der Waals surface area (Å²) in [5.74, 6) is 0.692. The molecule has 2 aliphatic rings. The molecule has 0 bridgehead atoms. The molecule has 10 rings (SSSR count). The smallest absolute Gasteiger partial charge is 0.0476 e. The molecule has 2 aliphatic carbocycles. The average molecular weight is 745 g/mol. The highest BCUT2D eigenvalue weighted by Crippen LogP contribution is 2.49. The van der Waals surface area contributed by atoms with Crippen LogP contribution in [-0.2, 0) is 5.41 Å². The Morgan fingerprint density at radius 2 is 0.857 bits per heavy atom. The van der Waals surface area contributed by atoms with Gasteiger partial charge < -0.3 is 9.80 Å². The van der Waals surface area contributed by atoms with E-state index in [2.05, 4.69) is 186 Å². The van der Waals surface area contributed by atoms with Crippen LogP contribution in [0, 0.1) is 0 Å². The third kappa shape index (κ3) is 6.48. The van der Waals surface area contributed by atoms with E-state index in [0.29, 0.717) is 5.92 Å². The van der Waals surface area contributed by atoms with Gasteiger partial charge in [0.15, 0.2) is 0 Å². The van der Waals surface area contributed by atoms with Crippen molar-refractivity contribution in [2.45, 2.75) is 69.1 Å². The van der Waals surface area contributed by atoms with Gasteiger partial charge in [-0.15, -0.1) is 11.3 Å². The fourth-order valence-electron chi connectivity index (χ4n) is 9.82. The molecule has 8 aromatic rings. The molecule has 0 radical (unpaired) electrons. The van der Waals surface area contributed by atoms with Crippen LogP contribution in [0.2, 0.25) is 0 Å². The minimum atomic E-state index is 0.00381. The monoisotopic (exact) mass is 744 g/mol. The molecular formula is C53H48N2S. The van der Waals surface area contributed by atoms with Crippen molar-refractivity contribution in [1.82, 2.24) is 0 Å². The average Bonchev–Trinajstić information content (AvgIpc) is 3.92. The quantitative estimate of drug-likeness (QED) is 0.145. The molecule has 2 saturated carbocycles. The van der Waals surface area contributed by atoms with E-state index < -0.39 is 0 Å². The molecule has 1 aromatic heterocycles. The Morgan fingerprint density at radius 1 is 0.393 bits per heavy atom. The van der Waals surface area contributed by atoms with E-state index in [1.807, 2.05) is 11.3 Å². The first kappa shape index (κ1) is 34.8. The SMILES string of the molecule is c1ccc(N(c2ccccc2)c2ccc(C3(c4ccc(N(c5ccc(C6CCCCC6)cc5)c5ccc6c(c5)sc5ccccc56)cc4)CCCC3)cc2)cc1. The number of rotatable bonds is 9. The van der Waals surface area contributed by atoms with Gasteiger partial charge in [-0.1, -0.05) is 129 Å². The van der Waals surface area contributed by atoms with Gasteiger partial charge in [-0.2, -0.15) is 0 Å². The normalized spacial score (nSPS) is 15.6. The zero-order valence-electron chi connectivity index (χ0n) is 32.0. The molecule has 276 valence electrons. The van der Waals surface area contributed by atoms with Crippen LogP contribution in [0.25, 0.3) is 20.2 Å². The van der Waals surface area contributed by atoms with Crippen molar-refractivity contribution in [1.29, 1.82) is 0 Å². The molecule has 0 spiro atoms. The second kappa shape index (κ2) is 15.1. The first-order valence-corrected chi connectivity index (χ1v) is 21.5. The Bertz CT molecular complexity index is 2500. The molecule has 3 heteroatoms. The molecule has 2 fully saturated rings. The second-order valence-electron chi connectivity index (χ2n) is 15.9. The molecule has 0 saturated heterocycles. The molecule has 7 aromatic carbocycles. The van der Waals surface area contributed by atoms with Gasteiger partial charge >= 0.3 is 0 Å². The zero-order valence-corrected chi connectivity index (χ0v) is 32.8. The minimum absolute atomic E-state index is 0.00381. The maximum atomic E-state index is 2.47. The number of nitrogens with zero attached hydrogens (tertiary/aromatic N) is 2. The lowest BCUT2D eigenvalue weighted by Crippen LogP contribution is -2.24. The number of anilines is 6. The molecule has 56 heavy (non-hydrogen) atoms. The standard InChI is InChI=1S/C53H48N2S/c1-4-14-39(15-5-1)40-22-28-45(29-23-40)55(48-34-35-50-49-20-10-11-21-51(49)56-52(50)38-48)47-32-26-42(27-33-47)53(36-12-13-37-53)41-24-30-46(31-25-41)54(43-16-6-2-7-17-43)44-18-8-3-9-19-44/h2-3,6-11,16-35,38-39H,1,4-5,12-15,36-37H2. The summed E-state index contributed by atoms with van der Waals surface area (Å²) in [4.78, 5) is 4.82. The third-order valence-electron chi connectivity index (χ3n) is 12.7. The van der Waals surface area contributed by atoms with Gasteiger partial charge in [-0.05, 0) is 127 Å². The van der Waals surface area contributed by atoms with E-state index in [9.17, 15) is 0 Å². The minimum Gasteiger partial charge on any atom is -0.311 e. The number of fused-ring (bicyclic) bond motifs is 3. The van der Waals surface area contributed by atoms with Crippen LogP contribution in [0.15, 0.2) is 176 Å². The molecule has 2 nitrogen and oxygen atoms in total. The van der Waals surface area contributed by atoms with Crippen LogP contribution in [0.3, 0.4) is 0 Å². The van der Waals surface area contributed by atoms with Gasteiger partial charge in [0.25, 0.3) is 0 Å². The highest BCUT2D eigenvalue weighted by atomic mass is 32.1. The van der Waals surface area contributed by atoms with Crippen molar-refractivity contribution in [2.24, 2.45) is 0 Å². The number of para-hydroxylation sites is 2. The molecule has 0 aliphatic heterocycles. The molecule has 0 unspecified atom stereocenters. The summed E-state index contributed by atoms with van der Waals surface area (Å²) < 4.78 is 2.67. The Hall–Kier alpha value is -5.64. The van der Waals surface area contributed by atoms with E-state index in [1.54, 1.807) is 0 Å². The predicted molar refractivity (Wildman–Crippen MR) is 240 cm³/mol. The predicted octanol–water partition coefficient (Wildman–Crippen LogP) is 15.9. The lowest BCUT2D eigenvalue weighted by atomic mass is 9.73. The van der Waals surface area contributed by atoms with Gasteiger partial charge in [-0.25, -0.2) is 0 Å². The van der Waals surface area contributed by atoms with Gasteiger partial charge in [0, 0.05) is 59.7 Å². The number of thiophene rings is 1. The van der Waals surface area contributed by atoms with Crippen molar-refractivity contribution < 1.29 is 0 Å². The maximum Gasteiger partial charge on any atom is 0.0476 e. The summed E-state index contributed by atoms with van der Waals surface area (Å²) in [6.07, 6.45) is 11.6. The van der Waals surface area contributed by atoms with E-state index in [0.717, 1.165) is 11.4 Å². The Labute approximate surface area is 335 Å².